The number of pyridine rings is 1. The molecule has 1 aliphatic heterocycles. The Morgan fingerprint density at radius 3 is 2.77 bits per heavy atom. The van der Waals surface area contributed by atoms with Crippen molar-refractivity contribution in [1.82, 2.24) is 9.97 Å². The number of carbonyl (C=O) groups is 1. The van der Waals surface area contributed by atoms with E-state index in [1.165, 1.54) is 0 Å². The van der Waals surface area contributed by atoms with E-state index >= 15 is 0 Å². The quantitative estimate of drug-likeness (QED) is 0.590. The van der Waals surface area contributed by atoms with Crippen molar-refractivity contribution in [2.75, 3.05) is 41.8 Å². The molecule has 1 aliphatic carbocycles. The summed E-state index contributed by atoms with van der Waals surface area (Å²) in [6, 6.07) is 10.1. The van der Waals surface area contributed by atoms with Gasteiger partial charge in [0.1, 0.15) is 5.65 Å². The van der Waals surface area contributed by atoms with Crippen molar-refractivity contribution in [1.29, 1.82) is 0 Å². The van der Waals surface area contributed by atoms with Crippen molar-refractivity contribution in [3.8, 4) is 0 Å². The van der Waals surface area contributed by atoms with E-state index in [1.54, 1.807) is 6.20 Å². The molecule has 0 bridgehead atoms. The number of hydrogen-bond acceptors (Lipinski definition) is 5. The minimum absolute atomic E-state index is 0.134. The fourth-order valence-electron chi connectivity index (χ4n) is 4.44. The van der Waals surface area contributed by atoms with E-state index in [0.717, 1.165) is 85.8 Å². The van der Waals surface area contributed by atoms with Gasteiger partial charge in [-0.3, -0.25) is 4.79 Å². The number of rotatable bonds is 5. The number of carbonyl (C=O) groups excluding carboxylic acids is 1. The monoisotopic (exact) mass is 405 g/mol. The largest absolute Gasteiger partial charge is 0.378 e. The van der Waals surface area contributed by atoms with Crippen molar-refractivity contribution < 1.29 is 9.53 Å². The first-order valence-corrected chi connectivity index (χ1v) is 10.7. The summed E-state index contributed by atoms with van der Waals surface area (Å²) in [4.78, 5) is 22.5. The van der Waals surface area contributed by atoms with Crippen LogP contribution in [0.2, 0.25) is 0 Å². The van der Waals surface area contributed by atoms with Crippen LogP contribution in [0.25, 0.3) is 11.0 Å². The van der Waals surface area contributed by atoms with Crippen molar-refractivity contribution >= 4 is 39.7 Å². The van der Waals surface area contributed by atoms with Gasteiger partial charge in [0.25, 0.3) is 0 Å². The molecule has 30 heavy (non-hydrogen) atoms. The molecule has 3 N–H and O–H groups in total. The average Bonchev–Trinajstić information content (AvgIpc) is 3.47. The van der Waals surface area contributed by atoms with Crippen molar-refractivity contribution in [2.45, 2.75) is 25.7 Å². The van der Waals surface area contributed by atoms with Gasteiger partial charge in [0.05, 0.1) is 30.3 Å². The summed E-state index contributed by atoms with van der Waals surface area (Å²) in [6.45, 7) is 3.13. The van der Waals surface area contributed by atoms with Gasteiger partial charge in [0, 0.05) is 42.5 Å². The molecule has 1 amide bonds. The second-order valence-electron chi connectivity index (χ2n) is 8.03. The Morgan fingerprint density at radius 2 is 1.93 bits per heavy atom. The molecule has 5 rings (SSSR count). The van der Waals surface area contributed by atoms with Crippen molar-refractivity contribution in [2.24, 2.45) is 5.92 Å². The molecule has 1 aromatic carbocycles. The molecule has 3 heterocycles. The molecule has 0 radical (unpaired) electrons. The number of nitrogens with zero attached hydrogens (tertiary/aromatic N) is 2. The van der Waals surface area contributed by atoms with E-state index in [2.05, 4.69) is 31.6 Å². The number of hydrogen-bond donors (Lipinski definition) is 3. The van der Waals surface area contributed by atoms with Crippen LogP contribution in [0.1, 0.15) is 25.7 Å². The van der Waals surface area contributed by atoms with E-state index < -0.39 is 0 Å². The van der Waals surface area contributed by atoms with Crippen LogP contribution in [-0.2, 0) is 9.53 Å². The second-order valence-corrected chi connectivity index (χ2v) is 8.03. The highest BCUT2D eigenvalue weighted by molar-refractivity contribution is 5.96. The summed E-state index contributed by atoms with van der Waals surface area (Å²) in [5.41, 5.74) is 4.73. The van der Waals surface area contributed by atoms with Gasteiger partial charge in [-0.05, 0) is 43.2 Å². The van der Waals surface area contributed by atoms with Gasteiger partial charge in [0.15, 0.2) is 0 Å². The third-order valence-electron chi connectivity index (χ3n) is 6.07. The van der Waals surface area contributed by atoms with Crippen LogP contribution in [0.15, 0.2) is 42.7 Å². The van der Waals surface area contributed by atoms with Crippen LogP contribution in [0.4, 0.5) is 22.7 Å². The van der Waals surface area contributed by atoms with Gasteiger partial charge in [0.2, 0.25) is 5.91 Å². The van der Waals surface area contributed by atoms with Crippen LogP contribution < -0.4 is 15.5 Å². The minimum Gasteiger partial charge on any atom is -0.378 e. The summed E-state index contributed by atoms with van der Waals surface area (Å²) in [6.07, 6.45) is 7.97. The number of benzene rings is 1. The van der Waals surface area contributed by atoms with Crippen molar-refractivity contribution in [3.05, 3.63) is 42.7 Å². The molecule has 2 aliphatic rings. The maximum Gasteiger partial charge on any atom is 0.227 e. The first-order valence-electron chi connectivity index (χ1n) is 10.7. The summed E-state index contributed by atoms with van der Waals surface area (Å²) in [7, 11) is 0. The van der Waals surface area contributed by atoms with E-state index in [4.69, 9.17) is 4.74 Å². The summed E-state index contributed by atoms with van der Waals surface area (Å²) < 4.78 is 5.53. The zero-order valence-corrected chi connectivity index (χ0v) is 17.0. The molecule has 0 unspecified atom stereocenters. The predicted molar refractivity (Wildman–Crippen MR) is 119 cm³/mol. The fraction of sp³-hybridized carbons (Fsp3) is 0.391. The van der Waals surface area contributed by atoms with Gasteiger partial charge in [-0.1, -0.05) is 12.8 Å². The lowest BCUT2D eigenvalue weighted by Gasteiger charge is -2.31. The van der Waals surface area contributed by atoms with Gasteiger partial charge >= 0.3 is 0 Å². The number of H-pyrrole nitrogens is 1. The predicted octanol–water partition coefficient (Wildman–Crippen LogP) is 4.27. The molecule has 3 aromatic rings. The Bertz CT molecular complexity index is 1040. The number of nitrogens with one attached hydrogen (secondary N) is 3. The van der Waals surface area contributed by atoms with Crippen LogP contribution in [0, 0.1) is 5.92 Å². The fourth-order valence-corrected chi connectivity index (χ4v) is 4.44. The molecule has 2 fully saturated rings. The average molecular weight is 406 g/mol. The molecule has 7 heteroatoms. The van der Waals surface area contributed by atoms with Crippen molar-refractivity contribution in [3.63, 3.8) is 0 Å². The molecular formula is C23H27N5O2. The number of ether oxygens (including phenoxy) is 1. The SMILES string of the molecule is O=C(Nc1ccc(N2CCOCC2)c(Nc2ccnc3[nH]ccc23)c1)C1CCCC1. The Morgan fingerprint density at radius 1 is 1.10 bits per heavy atom. The van der Waals surface area contributed by atoms with Crippen LogP contribution >= 0.6 is 0 Å². The third kappa shape index (κ3) is 3.85. The molecule has 1 saturated heterocycles. The Hall–Kier alpha value is -3.06. The maximum absolute atomic E-state index is 12.6. The highest BCUT2D eigenvalue weighted by Crippen LogP contribution is 2.35. The van der Waals surface area contributed by atoms with Gasteiger partial charge in [-0.25, -0.2) is 4.98 Å². The number of anilines is 4. The van der Waals surface area contributed by atoms with Gasteiger partial charge < -0.3 is 25.3 Å². The highest BCUT2D eigenvalue weighted by atomic mass is 16.5. The first-order chi connectivity index (χ1) is 14.8. The lowest BCUT2D eigenvalue weighted by Crippen LogP contribution is -2.36. The lowest BCUT2D eigenvalue weighted by molar-refractivity contribution is -0.119. The molecule has 0 spiro atoms. The van der Waals surface area contributed by atoms with E-state index in [1.807, 2.05) is 30.5 Å². The number of amides is 1. The molecule has 156 valence electrons. The molecule has 7 nitrogen and oxygen atoms in total. The molecular weight excluding hydrogens is 378 g/mol. The summed E-state index contributed by atoms with van der Waals surface area (Å²) >= 11 is 0. The molecule has 0 atom stereocenters. The Labute approximate surface area is 175 Å². The number of fused-ring (bicyclic) bond motifs is 1. The minimum atomic E-state index is 0.134. The maximum atomic E-state index is 12.6. The zero-order chi connectivity index (χ0) is 20.3. The first kappa shape index (κ1) is 18.9. The van der Waals surface area contributed by atoms with E-state index in [-0.39, 0.29) is 11.8 Å². The summed E-state index contributed by atoms with van der Waals surface area (Å²) in [5.74, 6) is 0.273. The topological polar surface area (TPSA) is 82.3 Å². The molecule has 2 aromatic heterocycles. The normalized spacial score (nSPS) is 17.4. The smallest absolute Gasteiger partial charge is 0.227 e. The Balaban J connectivity index is 1.46. The third-order valence-corrected chi connectivity index (χ3v) is 6.07. The van der Waals surface area contributed by atoms with Crippen LogP contribution in [0.3, 0.4) is 0 Å². The molecule has 1 saturated carbocycles. The number of morpholine rings is 1. The highest BCUT2D eigenvalue weighted by Gasteiger charge is 2.23. The summed E-state index contributed by atoms with van der Waals surface area (Å²) in [5, 5.41) is 7.75. The van der Waals surface area contributed by atoms with Gasteiger partial charge in [-0.15, -0.1) is 0 Å². The van der Waals surface area contributed by atoms with E-state index in [0.29, 0.717) is 0 Å². The number of aromatic amines is 1. The van der Waals surface area contributed by atoms with Crippen LogP contribution in [-0.4, -0.2) is 42.2 Å². The zero-order valence-electron chi connectivity index (χ0n) is 17.0. The van der Waals surface area contributed by atoms with Gasteiger partial charge in [-0.2, -0.15) is 0 Å². The standard InChI is InChI=1S/C23H27N5O2/c29-23(16-3-1-2-4-16)26-17-5-6-21(28-11-13-30-14-12-28)20(15-17)27-19-8-10-25-22-18(19)7-9-24-22/h5-10,15-16H,1-4,11-14H2,(H,26,29)(H2,24,25,27). The number of aromatic nitrogens is 2. The Kier molecular flexibility index (Phi) is 5.27. The van der Waals surface area contributed by atoms with Crippen LogP contribution in [0.5, 0.6) is 0 Å². The second kappa shape index (κ2) is 8.36. The lowest BCUT2D eigenvalue weighted by atomic mass is 10.1. The van der Waals surface area contributed by atoms with E-state index in [9.17, 15) is 4.79 Å².